The second kappa shape index (κ2) is 9.55. The Morgan fingerprint density at radius 3 is 2.24 bits per heavy atom. The van der Waals surface area contributed by atoms with E-state index in [0.29, 0.717) is 23.5 Å². The second-order valence-corrected chi connectivity index (χ2v) is 6.77. The predicted molar refractivity (Wildman–Crippen MR) is 115 cm³/mol. The summed E-state index contributed by atoms with van der Waals surface area (Å²) >= 11 is 0. The summed E-state index contributed by atoms with van der Waals surface area (Å²) in [7, 11) is 1.61. The number of benzene rings is 3. The molecule has 0 saturated heterocycles. The molecule has 5 nitrogen and oxygen atoms in total. The van der Waals surface area contributed by atoms with Crippen LogP contribution in [-0.4, -0.2) is 18.9 Å². The van der Waals surface area contributed by atoms with E-state index in [0.717, 1.165) is 11.1 Å². The molecule has 0 radical (unpaired) electrons. The van der Waals surface area contributed by atoms with Crippen molar-refractivity contribution in [2.75, 3.05) is 17.7 Å². The molecule has 3 aromatic rings. The minimum atomic E-state index is -0.392. The number of methoxy groups -OCH3 is 1. The molecule has 1 atom stereocenters. The van der Waals surface area contributed by atoms with E-state index in [2.05, 4.69) is 10.6 Å². The third kappa shape index (κ3) is 5.69. The zero-order chi connectivity index (χ0) is 20.6. The lowest BCUT2D eigenvalue weighted by Crippen LogP contribution is -2.23. The SMILES string of the molecule is COc1cccc(C(Cc2ccccc2)C(=O)Nc2cccc(NC(C)=O)c2)c1. The first-order valence-corrected chi connectivity index (χ1v) is 9.41. The van der Waals surface area contributed by atoms with Crippen LogP contribution in [0.15, 0.2) is 78.9 Å². The number of carbonyl (C=O) groups is 2. The van der Waals surface area contributed by atoms with Crippen LogP contribution in [0.3, 0.4) is 0 Å². The van der Waals surface area contributed by atoms with E-state index in [-0.39, 0.29) is 11.8 Å². The van der Waals surface area contributed by atoms with Crippen LogP contribution in [0.1, 0.15) is 24.0 Å². The summed E-state index contributed by atoms with van der Waals surface area (Å²) in [5.74, 6) is 0.0341. The van der Waals surface area contributed by atoms with E-state index >= 15 is 0 Å². The highest BCUT2D eigenvalue weighted by atomic mass is 16.5. The monoisotopic (exact) mass is 388 g/mol. The molecule has 0 fully saturated rings. The van der Waals surface area contributed by atoms with Gasteiger partial charge in [0.1, 0.15) is 5.75 Å². The lowest BCUT2D eigenvalue weighted by Gasteiger charge is -2.18. The fourth-order valence-electron chi connectivity index (χ4n) is 3.18. The minimum Gasteiger partial charge on any atom is -0.497 e. The molecule has 0 saturated carbocycles. The molecular formula is C24H24N2O3. The van der Waals surface area contributed by atoms with Crippen LogP contribution in [0, 0.1) is 0 Å². The maximum atomic E-state index is 13.2. The van der Waals surface area contributed by atoms with Gasteiger partial charge in [0.2, 0.25) is 11.8 Å². The van der Waals surface area contributed by atoms with E-state index in [1.54, 1.807) is 31.4 Å². The largest absolute Gasteiger partial charge is 0.497 e. The van der Waals surface area contributed by atoms with Gasteiger partial charge in [-0.15, -0.1) is 0 Å². The third-order valence-corrected chi connectivity index (χ3v) is 4.55. The van der Waals surface area contributed by atoms with Gasteiger partial charge in [-0.25, -0.2) is 0 Å². The molecule has 0 aliphatic rings. The molecule has 3 rings (SSSR count). The van der Waals surface area contributed by atoms with E-state index < -0.39 is 5.92 Å². The summed E-state index contributed by atoms with van der Waals surface area (Å²) in [5, 5.41) is 5.71. The Bertz CT molecular complexity index is 986. The molecule has 2 N–H and O–H groups in total. The molecule has 0 aliphatic heterocycles. The van der Waals surface area contributed by atoms with Crippen LogP contribution in [0.5, 0.6) is 5.75 Å². The van der Waals surface area contributed by atoms with Crippen molar-refractivity contribution in [3.8, 4) is 5.75 Å². The third-order valence-electron chi connectivity index (χ3n) is 4.55. The first-order valence-electron chi connectivity index (χ1n) is 9.41. The lowest BCUT2D eigenvalue weighted by atomic mass is 9.91. The molecule has 3 aromatic carbocycles. The fourth-order valence-corrected chi connectivity index (χ4v) is 3.18. The van der Waals surface area contributed by atoms with Crippen molar-refractivity contribution >= 4 is 23.2 Å². The molecule has 5 heteroatoms. The van der Waals surface area contributed by atoms with E-state index in [1.165, 1.54) is 6.92 Å². The van der Waals surface area contributed by atoms with Crippen molar-refractivity contribution in [3.63, 3.8) is 0 Å². The topological polar surface area (TPSA) is 67.4 Å². The summed E-state index contributed by atoms with van der Waals surface area (Å²) in [6.45, 7) is 1.45. The molecule has 148 valence electrons. The number of carbonyl (C=O) groups excluding carboxylic acids is 2. The number of hydrogen-bond donors (Lipinski definition) is 2. The summed E-state index contributed by atoms with van der Waals surface area (Å²) in [5.41, 5.74) is 3.21. The van der Waals surface area contributed by atoms with Crippen LogP contribution in [-0.2, 0) is 16.0 Å². The highest BCUT2D eigenvalue weighted by Gasteiger charge is 2.22. The van der Waals surface area contributed by atoms with Gasteiger partial charge in [0.15, 0.2) is 0 Å². The standard InChI is InChI=1S/C24H24N2O3/c1-17(27)25-20-11-7-12-21(16-20)26-24(28)23(14-18-8-4-3-5-9-18)19-10-6-13-22(15-19)29-2/h3-13,15-16,23H,14H2,1-2H3,(H,25,27)(H,26,28). The first kappa shape index (κ1) is 20.1. The highest BCUT2D eigenvalue weighted by molar-refractivity contribution is 5.97. The molecule has 2 amide bonds. The first-order chi connectivity index (χ1) is 14.0. The number of nitrogens with one attached hydrogen (secondary N) is 2. The van der Waals surface area contributed by atoms with Crippen molar-refractivity contribution in [1.29, 1.82) is 0 Å². The molecule has 0 bridgehead atoms. The Labute approximate surface area is 170 Å². The van der Waals surface area contributed by atoms with Crippen molar-refractivity contribution < 1.29 is 14.3 Å². The summed E-state index contributed by atoms with van der Waals surface area (Å²) in [6, 6.07) is 24.6. The molecule has 0 aliphatic carbocycles. The average molecular weight is 388 g/mol. The molecule has 29 heavy (non-hydrogen) atoms. The quantitative estimate of drug-likeness (QED) is 0.621. The van der Waals surface area contributed by atoms with E-state index in [1.807, 2.05) is 54.6 Å². The Kier molecular flexibility index (Phi) is 6.63. The van der Waals surface area contributed by atoms with Crippen LogP contribution in [0.4, 0.5) is 11.4 Å². The van der Waals surface area contributed by atoms with Crippen LogP contribution in [0.25, 0.3) is 0 Å². The zero-order valence-electron chi connectivity index (χ0n) is 16.5. The lowest BCUT2D eigenvalue weighted by molar-refractivity contribution is -0.117. The number of ether oxygens (including phenoxy) is 1. The average Bonchev–Trinajstić information content (AvgIpc) is 2.72. The highest BCUT2D eigenvalue weighted by Crippen LogP contribution is 2.27. The maximum absolute atomic E-state index is 13.2. The van der Waals surface area contributed by atoms with Gasteiger partial charge >= 0.3 is 0 Å². The maximum Gasteiger partial charge on any atom is 0.232 e. The Hall–Kier alpha value is -3.60. The van der Waals surface area contributed by atoms with Crippen molar-refractivity contribution in [3.05, 3.63) is 90.0 Å². The summed E-state index contributed by atoms with van der Waals surface area (Å²) in [6.07, 6.45) is 0.561. The van der Waals surface area contributed by atoms with Gasteiger partial charge in [-0.1, -0.05) is 48.5 Å². The van der Waals surface area contributed by atoms with E-state index in [4.69, 9.17) is 4.74 Å². The van der Waals surface area contributed by atoms with Crippen molar-refractivity contribution in [2.45, 2.75) is 19.3 Å². The Morgan fingerprint density at radius 1 is 0.862 bits per heavy atom. The number of amides is 2. The number of anilines is 2. The molecular weight excluding hydrogens is 364 g/mol. The Morgan fingerprint density at radius 2 is 1.55 bits per heavy atom. The molecule has 0 heterocycles. The molecule has 1 unspecified atom stereocenters. The van der Waals surface area contributed by atoms with Gasteiger partial charge in [-0.3, -0.25) is 9.59 Å². The molecule has 0 spiro atoms. The Balaban J connectivity index is 1.86. The molecule has 0 aromatic heterocycles. The van der Waals surface area contributed by atoms with Crippen LogP contribution < -0.4 is 15.4 Å². The van der Waals surface area contributed by atoms with Gasteiger partial charge in [0, 0.05) is 18.3 Å². The predicted octanol–water partition coefficient (Wildman–Crippen LogP) is 4.62. The van der Waals surface area contributed by atoms with Gasteiger partial charge < -0.3 is 15.4 Å². The smallest absolute Gasteiger partial charge is 0.232 e. The second-order valence-electron chi connectivity index (χ2n) is 6.77. The van der Waals surface area contributed by atoms with Crippen molar-refractivity contribution in [2.24, 2.45) is 0 Å². The van der Waals surface area contributed by atoms with Crippen LogP contribution in [0.2, 0.25) is 0 Å². The summed E-state index contributed by atoms with van der Waals surface area (Å²) < 4.78 is 5.33. The van der Waals surface area contributed by atoms with Gasteiger partial charge in [-0.05, 0) is 47.9 Å². The fraction of sp³-hybridized carbons (Fsp3) is 0.167. The zero-order valence-corrected chi connectivity index (χ0v) is 16.5. The number of rotatable bonds is 7. The van der Waals surface area contributed by atoms with Gasteiger partial charge in [-0.2, -0.15) is 0 Å². The normalized spacial score (nSPS) is 11.4. The number of hydrogen-bond acceptors (Lipinski definition) is 3. The van der Waals surface area contributed by atoms with E-state index in [9.17, 15) is 9.59 Å². The van der Waals surface area contributed by atoms with Crippen LogP contribution >= 0.6 is 0 Å². The van der Waals surface area contributed by atoms with Gasteiger partial charge in [0.25, 0.3) is 0 Å². The van der Waals surface area contributed by atoms with Gasteiger partial charge in [0.05, 0.1) is 13.0 Å². The minimum absolute atomic E-state index is 0.123. The van der Waals surface area contributed by atoms with Crippen molar-refractivity contribution in [1.82, 2.24) is 0 Å². The summed E-state index contributed by atoms with van der Waals surface area (Å²) in [4.78, 5) is 24.5.